The first-order valence-electron chi connectivity index (χ1n) is 26.6. The van der Waals surface area contributed by atoms with Crippen LogP contribution in [-0.4, -0.2) is 27.6 Å². The van der Waals surface area contributed by atoms with Gasteiger partial charge >= 0.3 is 0 Å². The van der Waals surface area contributed by atoms with E-state index in [4.69, 9.17) is 21.2 Å². The first-order valence-corrected chi connectivity index (χ1v) is 27.6. The van der Waals surface area contributed by atoms with Crippen LogP contribution >= 0.6 is 0 Å². The summed E-state index contributed by atoms with van der Waals surface area (Å²) in [6.45, 7) is 19.9. The third kappa shape index (κ3) is 9.86. The van der Waals surface area contributed by atoms with E-state index in [1.165, 1.54) is 40.4 Å². The molecule has 351 valence electrons. The summed E-state index contributed by atoms with van der Waals surface area (Å²) in [5.74, 6) is 1.43. The summed E-state index contributed by atoms with van der Waals surface area (Å²) in [6.07, 6.45) is 5.68. The van der Waals surface area contributed by atoms with Gasteiger partial charge in [-0.2, -0.15) is 0 Å². The second-order valence-corrected chi connectivity index (χ2v) is 25.2. The topological polar surface area (TPSA) is 56.7 Å². The molecular weight excluding hydrogens is 1030 g/mol. The number of hydrogen-bond acceptors (Lipinski definition) is 4. The van der Waals surface area contributed by atoms with Crippen molar-refractivity contribution in [2.24, 2.45) is 5.92 Å². The average Bonchev–Trinajstić information content (AvgIpc) is 3.93. The van der Waals surface area contributed by atoms with Gasteiger partial charge in [-0.25, -0.2) is 4.98 Å². The number of benzene rings is 5. The van der Waals surface area contributed by atoms with Gasteiger partial charge in [0.25, 0.3) is 0 Å². The predicted molar refractivity (Wildman–Crippen MR) is 285 cm³/mol. The summed E-state index contributed by atoms with van der Waals surface area (Å²) in [4.78, 5) is 14.7. The Balaban J connectivity index is 0.000000208. The maximum absolute atomic E-state index is 9.03. The van der Waals surface area contributed by atoms with Crippen LogP contribution in [0.25, 0.3) is 72.6 Å². The monoisotopic (exact) mass is 1100 g/mol. The summed E-state index contributed by atoms with van der Waals surface area (Å²) < 4.78 is 49.6. The summed E-state index contributed by atoms with van der Waals surface area (Å²) in [6, 6.07) is 41.3. The minimum Gasteiger partial charge on any atom is -0.486 e. The number of furan rings is 1. The van der Waals surface area contributed by atoms with E-state index >= 15 is 0 Å². The molecule has 10 rings (SSSR count). The van der Waals surface area contributed by atoms with Gasteiger partial charge in [-0.15, -0.1) is 53.1 Å². The Morgan fingerprint density at radius 3 is 2.15 bits per heavy atom. The van der Waals surface area contributed by atoms with Crippen molar-refractivity contribution in [3.8, 4) is 39.5 Å². The summed E-state index contributed by atoms with van der Waals surface area (Å²) in [5.41, 5.74) is 16.1. The van der Waals surface area contributed by atoms with E-state index in [1.54, 1.807) is 12.1 Å². The van der Waals surface area contributed by atoms with Crippen molar-refractivity contribution >= 4 is 46.4 Å². The predicted octanol–water partition coefficient (Wildman–Crippen LogP) is 16.1. The molecule has 0 unspecified atom stereocenters. The number of fused-ring (bicyclic) bond motifs is 4. The van der Waals surface area contributed by atoms with Crippen LogP contribution in [0, 0.1) is 45.7 Å². The fourth-order valence-corrected chi connectivity index (χ4v) is 11.3. The Morgan fingerprint density at radius 1 is 0.779 bits per heavy atom. The van der Waals surface area contributed by atoms with Gasteiger partial charge in [0.1, 0.15) is 0 Å². The van der Waals surface area contributed by atoms with Crippen LogP contribution in [0.15, 0.2) is 114 Å². The molecule has 0 aliphatic heterocycles. The molecule has 0 spiro atoms. The van der Waals surface area contributed by atoms with Gasteiger partial charge in [0.15, 0.2) is 0 Å². The summed E-state index contributed by atoms with van der Waals surface area (Å²) in [5, 5.41) is 3.21. The van der Waals surface area contributed by atoms with Gasteiger partial charge in [0.2, 0.25) is 5.71 Å². The summed E-state index contributed by atoms with van der Waals surface area (Å²) >= 11 is 0. The first kappa shape index (κ1) is 42.6. The Morgan fingerprint density at radius 2 is 1.49 bits per heavy atom. The van der Waals surface area contributed by atoms with E-state index < -0.39 is 21.3 Å². The van der Waals surface area contributed by atoms with Crippen LogP contribution in [0.1, 0.15) is 118 Å². The van der Waals surface area contributed by atoms with Gasteiger partial charge in [0.05, 0.1) is 30.5 Å². The number of aryl methyl sites for hydroxylation is 4. The molecule has 0 amide bonds. The normalized spacial score (nSPS) is 14.9. The molecule has 0 atom stereocenters. The Hall–Kier alpha value is -5.46. The number of aromatic nitrogens is 4. The zero-order valence-corrected chi connectivity index (χ0v) is 44.6. The van der Waals surface area contributed by atoms with E-state index in [9.17, 15) is 0 Å². The molecule has 4 heterocycles. The zero-order valence-electron chi connectivity index (χ0n) is 46.2. The van der Waals surface area contributed by atoms with Crippen molar-refractivity contribution in [3.63, 3.8) is 0 Å². The standard InChI is InChI=1S/C39H36N3O.C22H30NSi.Ir/c1-22(2)30-20-28(27-13-9-8-10-14-27)21-31(23(3)4)36(30)42-33-16-12-11-15-32(33)41-38(42)29-18-17-24(5)34-35-25(6)19-26(7)40-39(35)43-37(29)34;1-17-10-12-19(13-11-17)21-15-20(14-18-8-6-5-7-9-18)22(16-23-21)24(2,3)4;/h8-17,19-23H,1-7H3;10-12,15-16,18H,5-9,14H2,1-4H3;/q2*-1;/i;1D3,14D2;. The molecule has 5 nitrogen and oxygen atoms in total. The molecule has 1 aliphatic carbocycles. The molecule has 1 aliphatic rings. The van der Waals surface area contributed by atoms with Crippen molar-refractivity contribution in [1.82, 2.24) is 19.5 Å². The van der Waals surface area contributed by atoms with Crippen molar-refractivity contribution in [3.05, 3.63) is 161 Å². The fourth-order valence-electron chi connectivity index (χ4n) is 9.88. The van der Waals surface area contributed by atoms with Gasteiger partial charge in [-0.3, -0.25) is 4.98 Å². The third-order valence-electron chi connectivity index (χ3n) is 13.3. The van der Waals surface area contributed by atoms with Gasteiger partial charge < -0.3 is 14.0 Å². The number of imidazole rings is 1. The Kier molecular flexibility index (Phi) is 12.7. The molecule has 0 saturated heterocycles. The molecule has 5 aromatic carbocycles. The van der Waals surface area contributed by atoms with Crippen LogP contribution < -0.4 is 5.19 Å². The van der Waals surface area contributed by atoms with Gasteiger partial charge in [0, 0.05) is 49.9 Å². The summed E-state index contributed by atoms with van der Waals surface area (Å²) in [7, 11) is -1.80. The largest absolute Gasteiger partial charge is 0.486 e. The van der Waals surface area contributed by atoms with Gasteiger partial charge in [-0.1, -0.05) is 158 Å². The van der Waals surface area contributed by atoms with E-state index in [2.05, 4.69) is 162 Å². The van der Waals surface area contributed by atoms with Crippen molar-refractivity contribution in [2.45, 2.75) is 125 Å². The first-order chi connectivity index (χ1) is 34.1. The molecule has 1 radical (unpaired) electrons. The Bertz CT molecular complexity index is 3410. The average molecular weight is 1100 g/mol. The molecule has 4 aromatic heterocycles. The Labute approximate surface area is 426 Å². The van der Waals surface area contributed by atoms with Crippen LogP contribution in [0.3, 0.4) is 0 Å². The second-order valence-electron chi connectivity index (χ2n) is 20.2. The van der Waals surface area contributed by atoms with Crippen LogP contribution in [0.4, 0.5) is 0 Å². The molecule has 9 aromatic rings. The SMILES string of the molecule is Cc1cc(C)c2c(n1)oc1c(-c3nc4ccccc4n3-c3c(C(C)C)cc(-c4ccccc4)cc3C(C)C)[c-]cc(C)c12.[2H]C([2H])([2H])c1c[c-]c(-c2cc(C([2H])([2H])C3CCCCC3)c([Si](C)(C)C)cn2)cc1.[Ir]. The van der Waals surface area contributed by atoms with E-state index in [-0.39, 0.29) is 43.4 Å². The minimum absolute atomic E-state index is 0. The molecule has 0 N–H and O–H groups in total. The van der Waals surface area contributed by atoms with E-state index in [0.717, 1.165) is 92.0 Å². The quantitative estimate of drug-likeness (QED) is 0.107. The number of hydrogen-bond donors (Lipinski definition) is 0. The van der Waals surface area contributed by atoms with Crippen LogP contribution in [0.5, 0.6) is 0 Å². The maximum Gasteiger partial charge on any atom is 0.216 e. The molecule has 1 fully saturated rings. The molecule has 1 saturated carbocycles. The molecule has 0 bridgehead atoms. The van der Waals surface area contributed by atoms with Crippen molar-refractivity contribution in [1.29, 1.82) is 0 Å². The van der Waals surface area contributed by atoms with Crippen LogP contribution in [-0.2, 0) is 26.5 Å². The number of nitrogens with zero attached hydrogens (tertiary/aromatic N) is 4. The van der Waals surface area contributed by atoms with Crippen molar-refractivity contribution in [2.75, 3.05) is 0 Å². The van der Waals surface area contributed by atoms with Crippen LogP contribution in [0.2, 0.25) is 19.6 Å². The molecule has 68 heavy (non-hydrogen) atoms. The zero-order chi connectivity index (χ0) is 51.4. The number of para-hydroxylation sites is 2. The minimum atomic E-state index is -2.16. The molecule has 7 heteroatoms. The van der Waals surface area contributed by atoms with E-state index in [1.807, 2.05) is 19.2 Å². The van der Waals surface area contributed by atoms with Crippen molar-refractivity contribution < 1.29 is 31.4 Å². The van der Waals surface area contributed by atoms with E-state index in [0.29, 0.717) is 17.0 Å². The second kappa shape index (κ2) is 20.2. The third-order valence-corrected chi connectivity index (χ3v) is 15.3. The fraction of sp³-hybridized carbons (Fsp3) is 0.328. The maximum atomic E-state index is 9.03. The number of pyridine rings is 2. The smallest absolute Gasteiger partial charge is 0.216 e. The molecular formula is C61H66IrN4OSi-2. The van der Waals surface area contributed by atoms with Gasteiger partial charge in [-0.05, 0) is 107 Å². The number of rotatable bonds is 9.